The number of esters is 1. The Morgan fingerprint density at radius 3 is 2.59 bits per heavy atom. The number of aryl methyl sites for hydroxylation is 1. The van der Waals surface area contributed by atoms with Crippen LogP contribution < -0.4 is 5.32 Å². The first-order valence-electron chi connectivity index (χ1n) is 12.9. The molecule has 1 fully saturated rings. The van der Waals surface area contributed by atoms with Crippen molar-refractivity contribution >= 4 is 23.0 Å². The van der Waals surface area contributed by atoms with Gasteiger partial charge < -0.3 is 19.7 Å². The molecule has 0 bridgehead atoms. The first-order valence-corrected chi connectivity index (χ1v) is 12.9. The minimum absolute atomic E-state index is 0.133. The lowest BCUT2D eigenvalue weighted by molar-refractivity contribution is 0.0526. The number of likely N-dealkylation sites (tertiary alicyclic amines) is 1. The van der Waals surface area contributed by atoms with Crippen molar-refractivity contribution in [1.82, 2.24) is 19.4 Å². The number of imidazole rings is 1. The molecule has 1 aliphatic heterocycles. The zero-order valence-corrected chi connectivity index (χ0v) is 21.4. The van der Waals surface area contributed by atoms with E-state index in [4.69, 9.17) is 9.72 Å². The maximum atomic E-state index is 12.4. The monoisotopic (exact) mass is 499 g/mol. The van der Waals surface area contributed by atoms with Crippen molar-refractivity contribution in [1.29, 1.82) is 0 Å². The molecule has 1 aliphatic rings. The van der Waals surface area contributed by atoms with Crippen molar-refractivity contribution in [3.05, 3.63) is 83.2 Å². The Labute approximate surface area is 216 Å². The molecule has 5 rings (SSSR count). The number of nitrogens with zero attached hydrogens (tertiary/aromatic N) is 4. The van der Waals surface area contributed by atoms with Crippen LogP contribution in [0.3, 0.4) is 0 Å². The second kappa shape index (κ2) is 11.0. The van der Waals surface area contributed by atoms with Crippen molar-refractivity contribution in [3.8, 4) is 5.75 Å². The van der Waals surface area contributed by atoms with Gasteiger partial charge in [-0.25, -0.2) is 9.78 Å². The van der Waals surface area contributed by atoms with Crippen LogP contribution in [0.1, 0.15) is 47.1 Å². The molecular formula is C29H33N5O3. The summed E-state index contributed by atoms with van der Waals surface area (Å²) < 4.78 is 7.21. The molecule has 0 atom stereocenters. The molecule has 37 heavy (non-hydrogen) atoms. The number of pyridine rings is 1. The molecule has 2 N–H and O–H groups in total. The average Bonchev–Trinajstić information content (AvgIpc) is 3.24. The quantitative estimate of drug-likeness (QED) is 0.338. The second-order valence-corrected chi connectivity index (χ2v) is 9.54. The van der Waals surface area contributed by atoms with E-state index < -0.39 is 0 Å². The number of rotatable bonds is 8. The van der Waals surface area contributed by atoms with Crippen LogP contribution in [0, 0.1) is 6.92 Å². The first-order chi connectivity index (χ1) is 18.0. The van der Waals surface area contributed by atoms with E-state index in [1.807, 2.05) is 23.6 Å². The van der Waals surface area contributed by atoms with Gasteiger partial charge in [-0.3, -0.25) is 9.88 Å². The fourth-order valence-electron chi connectivity index (χ4n) is 4.86. The molecule has 2 aromatic carbocycles. The minimum Gasteiger partial charge on any atom is -0.506 e. The number of hydrogen-bond acceptors (Lipinski definition) is 7. The van der Waals surface area contributed by atoms with Crippen LogP contribution in [0.2, 0.25) is 0 Å². The van der Waals surface area contributed by atoms with Gasteiger partial charge in [0.25, 0.3) is 0 Å². The molecule has 8 nitrogen and oxygen atoms in total. The van der Waals surface area contributed by atoms with Crippen LogP contribution in [-0.2, 0) is 17.8 Å². The number of nitrogens with one attached hydrogen (secondary N) is 1. The molecule has 0 spiro atoms. The number of aromatic nitrogens is 3. The first kappa shape index (κ1) is 24.8. The Kier molecular flexibility index (Phi) is 7.37. The van der Waals surface area contributed by atoms with Gasteiger partial charge in [-0.2, -0.15) is 0 Å². The lowest BCUT2D eigenvalue weighted by atomic mass is 10.0. The van der Waals surface area contributed by atoms with Gasteiger partial charge in [-0.05, 0) is 62.6 Å². The van der Waals surface area contributed by atoms with E-state index in [0.717, 1.165) is 49.2 Å². The van der Waals surface area contributed by atoms with Crippen LogP contribution in [-0.4, -0.2) is 56.2 Å². The normalized spacial score (nSPS) is 14.6. The lowest BCUT2D eigenvalue weighted by Crippen LogP contribution is -2.39. The number of benzene rings is 2. The van der Waals surface area contributed by atoms with Crippen LogP contribution in [0.5, 0.6) is 5.75 Å². The van der Waals surface area contributed by atoms with Crippen molar-refractivity contribution in [3.63, 3.8) is 0 Å². The SMILES string of the molecule is CCOC(=O)c1ccc2nc(NC3CCN(Cc4ccccc4)CC3)n(Cc3nc(C)ccc3O)c2c1. The Morgan fingerprint density at radius 2 is 1.84 bits per heavy atom. The Balaban J connectivity index is 1.39. The third-order valence-electron chi connectivity index (χ3n) is 6.83. The van der Waals surface area contributed by atoms with E-state index in [0.29, 0.717) is 30.4 Å². The highest BCUT2D eigenvalue weighted by Gasteiger charge is 2.23. The number of fused-ring (bicyclic) bond motifs is 1. The van der Waals surface area contributed by atoms with E-state index in [1.54, 1.807) is 31.2 Å². The van der Waals surface area contributed by atoms with Gasteiger partial charge in [-0.1, -0.05) is 30.3 Å². The summed E-state index contributed by atoms with van der Waals surface area (Å²) in [6.07, 6.45) is 2.00. The van der Waals surface area contributed by atoms with E-state index in [-0.39, 0.29) is 17.8 Å². The van der Waals surface area contributed by atoms with E-state index in [9.17, 15) is 9.90 Å². The largest absolute Gasteiger partial charge is 0.506 e. The molecule has 192 valence electrons. The van der Waals surface area contributed by atoms with E-state index in [1.165, 1.54) is 5.56 Å². The highest BCUT2D eigenvalue weighted by Crippen LogP contribution is 2.27. The number of piperidine rings is 1. The summed E-state index contributed by atoms with van der Waals surface area (Å²) in [5.41, 5.74) is 4.74. The molecule has 0 aliphatic carbocycles. The van der Waals surface area contributed by atoms with Crippen molar-refractivity contribution in [2.24, 2.45) is 0 Å². The average molecular weight is 500 g/mol. The Bertz CT molecular complexity index is 1380. The molecule has 0 unspecified atom stereocenters. The number of carbonyl (C=O) groups is 1. The molecule has 4 aromatic rings. The molecule has 0 saturated carbocycles. The highest BCUT2D eigenvalue weighted by atomic mass is 16.5. The molecule has 8 heteroatoms. The maximum Gasteiger partial charge on any atom is 0.338 e. The van der Waals surface area contributed by atoms with Crippen LogP contribution in [0.15, 0.2) is 60.7 Å². The van der Waals surface area contributed by atoms with Gasteiger partial charge in [0.2, 0.25) is 5.95 Å². The zero-order chi connectivity index (χ0) is 25.8. The summed E-state index contributed by atoms with van der Waals surface area (Å²) in [7, 11) is 0. The molecule has 0 radical (unpaired) electrons. The fraction of sp³-hybridized carbons (Fsp3) is 0.345. The summed E-state index contributed by atoms with van der Waals surface area (Å²) in [6, 6.07) is 19.7. The van der Waals surface area contributed by atoms with Crippen molar-refractivity contribution in [2.75, 3.05) is 25.0 Å². The summed E-state index contributed by atoms with van der Waals surface area (Å²) in [5, 5.41) is 14.1. The molecule has 1 saturated heterocycles. The summed E-state index contributed by atoms with van der Waals surface area (Å²) >= 11 is 0. The minimum atomic E-state index is -0.367. The summed E-state index contributed by atoms with van der Waals surface area (Å²) in [5.74, 6) is 0.475. The topological polar surface area (TPSA) is 92.5 Å². The number of ether oxygens (including phenoxy) is 1. The zero-order valence-electron chi connectivity index (χ0n) is 21.4. The van der Waals surface area contributed by atoms with Gasteiger partial charge in [0.15, 0.2) is 0 Å². The molecule has 2 aromatic heterocycles. The number of anilines is 1. The van der Waals surface area contributed by atoms with Gasteiger partial charge >= 0.3 is 5.97 Å². The second-order valence-electron chi connectivity index (χ2n) is 9.54. The Morgan fingerprint density at radius 1 is 1.05 bits per heavy atom. The highest BCUT2D eigenvalue weighted by molar-refractivity contribution is 5.94. The Hall–Kier alpha value is -3.91. The van der Waals surface area contributed by atoms with Crippen molar-refractivity contribution < 1.29 is 14.6 Å². The molecular weight excluding hydrogens is 466 g/mol. The molecule has 0 amide bonds. The van der Waals surface area contributed by atoms with E-state index in [2.05, 4.69) is 39.5 Å². The van der Waals surface area contributed by atoms with Gasteiger partial charge in [0, 0.05) is 31.4 Å². The third kappa shape index (κ3) is 5.75. The number of carbonyl (C=O) groups excluding carboxylic acids is 1. The summed E-state index contributed by atoms with van der Waals surface area (Å²) in [6.45, 7) is 7.29. The smallest absolute Gasteiger partial charge is 0.338 e. The number of aromatic hydroxyl groups is 1. The van der Waals surface area contributed by atoms with Gasteiger partial charge in [-0.15, -0.1) is 0 Å². The van der Waals surface area contributed by atoms with Crippen LogP contribution in [0.4, 0.5) is 5.95 Å². The number of hydrogen-bond donors (Lipinski definition) is 2. The van der Waals surface area contributed by atoms with Crippen molar-refractivity contribution in [2.45, 2.75) is 45.8 Å². The van der Waals surface area contributed by atoms with Crippen LogP contribution >= 0.6 is 0 Å². The fourth-order valence-corrected chi connectivity index (χ4v) is 4.86. The predicted octanol–water partition coefficient (Wildman–Crippen LogP) is 4.75. The van der Waals surface area contributed by atoms with Crippen LogP contribution in [0.25, 0.3) is 11.0 Å². The third-order valence-corrected chi connectivity index (χ3v) is 6.83. The van der Waals surface area contributed by atoms with Gasteiger partial charge in [0.1, 0.15) is 11.4 Å². The van der Waals surface area contributed by atoms with E-state index >= 15 is 0 Å². The predicted molar refractivity (Wildman–Crippen MR) is 144 cm³/mol. The molecule has 3 heterocycles. The maximum absolute atomic E-state index is 12.4. The summed E-state index contributed by atoms with van der Waals surface area (Å²) in [4.78, 5) is 24.3. The van der Waals surface area contributed by atoms with Gasteiger partial charge in [0.05, 0.1) is 29.7 Å². The standard InChI is InChI=1S/C29H33N5O3/c1-3-37-28(36)22-10-11-24-26(17-22)34(19-25-27(35)12-9-20(2)30-25)29(32-24)31-23-13-15-33(16-14-23)18-21-7-5-4-6-8-21/h4-12,17,23,35H,3,13-16,18-19H2,1-2H3,(H,31,32). The lowest BCUT2D eigenvalue weighted by Gasteiger charge is -2.32.